The Hall–Kier alpha value is -1.17. The van der Waals surface area contributed by atoms with Crippen molar-refractivity contribution in [2.45, 2.75) is 50.3 Å². The highest BCUT2D eigenvalue weighted by Crippen LogP contribution is 2.38. The smallest absolute Gasteiger partial charge is 0.252 e. The second-order valence-corrected chi connectivity index (χ2v) is 4.93. The van der Waals surface area contributed by atoms with Crippen molar-refractivity contribution in [2.75, 3.05) is 6.54 Å². The van der Waals surface area contributed by atoms with Gasteiger partial charge in [0.2, 0.25) is 0 Å². The third kappa shape index (κ3) is 2.73. The number of fused-ring (bicyclic) bond motifs is 1. The number of amides is 1. The monoisotopic (exact) mass is 271 g/mol. The van der Waals surface area contributed by atoms with E-state index in [1.54, 1.807) is 13.8 Å². The quantitative estimate of drug-likeness (QED) is 0.531. The van der Waals surface area contributed by atoms with E-state index >= 15 is 0 Å². The Kier molecular flexibility index (Phi) is 3.80. The fourth-order valence-corrected chi connectivity index (χ4v) is 2.17. The molecule has 0 spiro atoms. The first-order chi connectivity index (χ1) is 8.85. The molecule has 2 saturated heterocycles. The van der Waals surface area contributed by atoms with Crippen LogP contribution in [0, 0.1) is 12.3 Å². The molecule has 2 aliphatic rings. The van der Waals surface area contributed by atoms with Gasteiger partial charge in [-0.3, -0.25) is 4.79 Å². The summed E-state index contributed by atoms with van der Waals surface area (Å²) in [5.74, 6) is 0.640. The lowest BCUT2D eigenvalue weighted by Gasteiger charge is -2.25. The Balaban J connectivity index is 1.98. The summed E-state index contributed by atoms with van der Waals surface area (Å²) in [6, 6.07) is 0. The Bertz CT molecular complexity index is 404. The van der Waals surface area contributed by atoms with Crippen LogP contribution in [0.25, 0.3) is 0 Å². The van der Waals surface area contributed by atoms with Gasteiger partial charge in [-0.15, -0.1) is 6.42 Å². The highest BCUT2D eigenvalue weighted by atomic mass is 16.8. The van der Waals surface area contributed by atoms with Crippen molar-refractivity contribution in [3.8, 4) is 12.3 Å². The van der Waals surface area contributed by atoms with Crippen LogP contribution in [0.15, 0.2) is 0 Å². The molecule has 2 fully saturated rings. The molecule has 2 unspecified atom stereocenters. The normalized spacial score (nSPS) is 37.4. The summed E-state index contributed by atoms with van der Waals surface area (Å²) in [4.78, 5) is 11.6. The number of ether oxygens (including phenoxy) is 3. The summed E-state index contributed by atoms with van der Waals surface area (Å²) >= 11 is 0. The largest absolute Gasteiger partial charge is 0.387 e. The van der Waals surface area contributed by atoms with Crippen LogP contribution < -0.4 is 5.32 Å². The number of rotatable bonds is 3. The molecule has 19 heavy (non-hydrogen) atoms. The number of hydrogen-bond acceptors (Lipinski definition) is 6. The maximum Gasteiger partial charge on any atom is 0.252 e. The second kappa shape index (κ2) is 5.07. The summed E-state index contributed by atoms with van der Waals surface area (Å²) in [6.45, 7) is 3.37. The number of aliphatic hydroxyl groups is 2. The van der Waals surface area contributed by atoms with Gasteiger partial charge >= 0.3 is 0 Å². The van der Waals surface area contributed by atoms with Crippen LogP contribution in [0.5, 0.6) is 0 Å². The third-order valence-corrected chi connectivity index (χ3v) is 3.00. The van der Waals surface area contributed by atoms with Gasteiger partial charge in [-0.05, 0) is 13.8 Å². The van der Waals surface area contributed by atoms with Crippen molar-refractivity contribution in [2.24, 2.45) is 0 Å². The van der Waals surface area contributed by atoms with Crippen LogP contribution in [0.3, 0.4) is 0 Å². The zero-order valence-electron chi connectivity index (χ0n) is 10.7. The van der Waals surface area contributed by atoms with Gasteiger partial charge in [0.25, 0.3) is 5.91 Å². The van der Waals surface area contributed by atoms with Crippen molar-refractivity contribution in [3.05, 3.63) is 0 Å². The van der Waals surface area contributed by atoms with Gasteiger partial charge in [0.05, 0.1) is 6.54 Å². The molecular weight excluding hydrogens is 254 g/mol. The molecule has 1 amide bonds. The summed E-state index contributed by atoms with van der Waals surface area (Å²) in [5, 5.41) is 22.2. The van der Waals surface area contributed by atoms with E-state index in [1.807, 2.05) is 0 Å². The number of terminal acetylenes is 1. The molecule has 0 radical (unpaired) electrons. The molecule has 7 heteroatoms. The SMILES string of the molecule is C#CCNC(=O)[C@@H](O)[C@H]1O[C@@H]2OC(C)(C)OC2C1O. The summed E-state index contributed by atoms with van der Waals surface area (Å²) < 4.78 is 16.2. The minimum Gasteiger partial charge on any atom is -0.387 e. The van der Waals surface area contributed by atoms with Crippen LogP contribution in [0.1, 0.15) is 13.8 Å². The van der Waals surface area contributed by atoms with Gasteiger partial charge in [0.15, 0.2) is 18.2 Å². The Morgan fingerprint density at radius 2 is 2.21 bits per heavy atom. The summed E-state index contributed by atoms with van der Waals surface area (Å²) in [6.07, 6.45) is -0.332. The minimum atomic E-state index is -1.54. The number of aliphatic hydroxyl groups excluding tert-OH is 2. The van der Waals surface area contributed by atoms with E-state index in [0.717, 1.165) is 0 Å². The molecule has 0 bridgehead atoms. The molecule has 3 N–H and O–H groups in total. The van der Waals surface area contributed by atoms with Crippen molar-refractivity contribution >= 4 is 5.91 Å². The number of carbonyl (C=O) groups excluding carboxylic acids is 1. The zero-order valence-corrected chi connectivity index (χ0v) is 10.7. The van der Waals surface area contributed by atoms with Gasteiger partial charge in [-0.2, -0.15) is 0 Å². The van der Waals surface area contributed by atoms with E-state index in [-0.39, 0.29) is 6.54 Å². The fourth-order valence-electron chi connectivity index (χ4n) is 2.17. The van der Waals surface area contributed by atoms with Crippen LogP contribution in [0.2, 0.25) is 0 Å². The lowest BCUT2D eigenvalue weighted by atomic mass is 10.1. The molecule has 2 rings (SSSR count). The molecule has 5 atom stereocenters. The molecular formula is C12H17NO6. The summed E-state index contributed by atoms with van der Waals surface area (Å²) in [5.41, 5.74) is 0. The first kappa shape index (κ1) is 14.2. The molecule has 7 nitrogen and oxygen atoms in total. The fraction of sp³-hybridized carbons (Fsp3) is 0.750. The van der Waals surface area contributed by atoms with Crippen molar-refractivity contribution in [1.82, 2.24) is 5.32 Å². The van der Waals surface area contributed by atoms with Crippen LogP contribution >= 0.6 is 0 Å². The highest BCUT2D eigenvalue weighted by Gasteiger charge is 2.56. The first-order valence-corrected chi connectivity index (χ1v) is 5.94. The predicted octanol–water partition coefficient (Wildman–Crippen LogP) is -1.67. The average Bonchev–Trinajstić information content (AvgIpc) is 2.79. The van der Waals surface area contributed by atoms with Crippen molar-refractivity contribution in [3.63, 3.8) is 0 Å². The van der Waals surface area contributed by atoms with Crippen LogP contribution in [0.4, 0.5) is 0 Å². The van der Waals surface area contributed by atoms with E-state index < -0.39 is 42.4 Å². The topological polar surface area (TPSA) is 97.3 Å². The number of carbonyl (C=O) groups is 1. The van der Waals surface area contributed by atoms with E-state index in [2.05, 4.69) is 11.2 Å². The van der Waals surface area contributed by atoms with E-state index in [9.17, 15) is 15.0 Å². The molecule has 2 aliphatic heterocycles. The van der Waals surface area contributed by atoms with Crippen molar-refractivity contribution in [1.29, 1.82) is 0 Å². The third-order valence-electron chi connectivity index (χ3n) is 3.00. The Labute approximate surface area is 110 Å². The molecule has 0 aromatic heterocycles. The number of nitrogens with one attached hydrogen (secondary N) is 1. The van der Waals surface area contributed by atoms with Gasteiger partial charge in [0, 0.05) is 0 Å². The first-order valence-electron chi connectivity index (χ1n) is 5.94. The molecule has 0 aliphatic carbocycles. The Morgan fingerprint density at radius 1 is 1.53 bits per heavy atom. The van der Waals surface area contributed by atoms with Crippen molar-refractivity contribution < 1.29 is 29.2 Å². The molecule has 106 valence electrons. The number of hydrogen-bond donors (Lipinski definition) is 3. The molecule has 0 aromatic rings. The van der Waals surface area contributed by atoms with Crippen LogP contribution in [-0.2, 0) is 19.0 Å². The van der Waals surface area contributed by atoms with E-state index in [0.29, 0.717) is 0 Å². The minimum absolute atomic E-state index is 0.00834. The lowest BCUT2D eigenvalue weighted by Crippen LogP contribution is -2.48. The van der Waals surface area contributed by atoms with E-state index in [4.69, 9.17) is 20.6 Å². The van der Waals surface area contributed by atoms with Gasteiger partial charge < -0.3 is 29.7 Å². The predicted molar refractivity (Wildman–Crippen MR) is 62.6 cm³/mol. The molecule has 0 aromatic carbocycles. The average molecular weight is 271 g/mol. The maximum absolute atomic E-state index is 11.6. The van der Waals surface area contributed by atoms with Gasteiger partial charge in [0.1, 0.15) is 18.3 Å². The maximum atomic E-state index is 11.6. The van der Waals surface area contributed by atoms with Gasteiger partial charge in [-0.25, -0.2) is 0 Å². The van der Waals surface area contributed by atoms with E-state index in [1.165, 1.54) is 0 Å². The molecule has 2 heterocycles. The second-order valence-electron chi connectivity index (χ2n) is 4.93. The highest BCUT2D eigenvalue weighted by molar-refractivity contribution is 5.81. The Morgan fingerprint density at radius 3 is 2.79 bits per heavy atom. The zero-order chi connectivity index (χ0) is 14.2. The van der Waals surface area contributed by atoms with Gasteiger partial charge in [-0.1, -0.05) is 5.92 Å². The van der Waals surface area contributed by atoms with Crippen LogP contribution in [-0.4, -0.2) is 59.2 Å². The summed E-state index contributed by atoms with van der Waals surface area (Å²) in [7, 11) is 0. The standard InChI is InChI=1S/C12H17NO6/c1-4-5-13-10(16)7(15)8-6(14)9-11(17-8)19-12(2,3)18-9/h1,6-9,11,14-15H,5H2,2-3H3,(H,13,16)/t6?,7-,8-,9?,11+/m0/s1. The lowest BCUT2D eigenvalue weighted by molar-refractivity contribution is -0.224. The molecule has 0 saturated carbocycles.